The van der Waals surface area contributed by atoms with E-state index >= 15 is 0 Å². The molecule has 0 aliphatic rings. The Hall–Kier alpha value is -0.940. The summed E-state index contributed by atoms with van der Waals surface area (Å²) in [5.74, 6) is 1.48. The first-order valence-electron chi connectivity index (χ1n) is 4.97. The van der Waals surface area contributed by atoms with Crippen LogP contribution in [0, 0.1) is 0 Å². The number of rotatable bonds is 6. The molecule has 16 heavy (non-hydrogen) atoms. The van der Waals surface area contributed by atoms with Gasteiger partial charge in [0, 0.05) is 12.9 Å². The number of ether oxygens (including phenoxy) is 2. The molecule has 0 N–H and O–H groups in total. The van der Waals surface area contributed by atoms with Gasteiger partial charge in [0.25, 0.3) is 0 Å². The lowest BCUT2D eigenvalue weighted by Gasteiger charge is -2.07. The van der Waals surface area contributed by atoms with Gasteiger partial charge in [-0.1, -0.05) is 0 Å². The van der Waals surface area contributed by atoms with Crippen LogP contribution in [0.5, 0.6) is 0 Å². The summed E-state index contributed by atoms with van der Waals surface area (Å²) in [6, 6.07) is 3.44. The molecule has 5 heteroatoms. The van der Waals surface area contributed by atoms with Crippen molar-refractivity contribution in [1.29, 1.82) is 0 Å². The number of hydrogen-bond acceptors (Lipinski definition) is 5. The molecule has 0 fully saturated rings. The number of thioether (sulfide) groups is 1. The fourth-order valence-electron chi connectivity index (χ4n) is 1.17. The van der Waals surface area contributed by atoms with Crippen LogP contribution in [0.2, 0.25) is 0 Å². The highest BCUT2D eigenvalue weighted by Crippen LogP contribution is 2.29. The highest BCUT2D eigenvalue weighted by molar-refractivity contribution is 7.99. The van der Waals surface area contributed by atoms with E-state index in [1.165, 1.54) is 7.11 Å². The Labute approximate surface area is 99.3 Å². The lowest BCUT2D eigenvalue weighted by atomic mass is 10.3. The van der Waals surface area contributed by atoms with E-state index in [1.807, 2.05) is 6.92 Å². The van der Waals surface area contributed by atoms with Crippen molar-refractivity contribution in [3.05, 3.63) is 23.7 Å². The largest absolute Gasteiger partial charge is 0.463 e. The molecule has 0 bridgehead atoms. The van der Waals surface area contributed by atoms with Crippen molar-refractivity contribution in [2.24, 2.45) is 0 Å². The molecule has 0 aromatic carbocycles. The molecule has 0 amide bonds. The van der Waals surface area contributed by atoms with Crippen LogP contribution in [-0.2, 0) is 9.47 Å². The summed E-state index contributed by atoms with van der Waals surface area (Å²) in [7, 11) is 3.01. The van der Waals surface area contributed by atoms with Gasteiger partial charge >= 0.3 is 5.97 Å². The molecule has 0 aliphatic heterocycles. The predicted molar refractivity (Wildman–Crippen MR) is 62.8 cm³/mol. The summed E-state index contributed by atoms with van der Waals surface area (Å²) in [6.45, 7) is 2.74. The van der Waals surface area contributed by atoms with E-state index in [0.29, 0.717) is 6.61 Å². The molecule has 0 aliphatic carbocycles. The number of carbonyl (C=O) groups is 1. The summed E-state index contributed by atoms with van der Waals surface area (Å²) < 4.78 is 14.9. The standard InChI is InChI=1S/C11H16O4S/c1-8(16-7-6-13-2)9-4-5-10(15-9)11(12)14-3/h4-5,8H,6-7H2,1-3H3. The highest BCUT2D eigenvalue weighted by Gasteiger charge is 2.15. The highest BCUT2D eigenvalue weighted by atomic mass is 32.2. The van der Waals surface area contributed by atoms with Crippen LogP contribution in [0.1, 0.15) is 28.5 Å². The maximum Gasteiger partial charge on any atom is 0.373 e. The lowest BCUT2D eigenvalue weighted by Crippen LogP contribution is -1.98. The van der Waals surface area contributed by atoms with E-state index in [4.69, 9.17) is 9.15 Å². The Morgan fingerprint density at radius 3 is 2.88 bits per heavy atom. The van der Waals surface area contributed by atoms with E-state index in [2.05, 4.69) is 4.74 Å². The van der Waals surface area contributed by atoms with Gasteiger partial charge in [-0.2, -0.15) is 0 Å². The second-order valence-electron chi connectivity index (χ2n) is 3.20. The molecule has 1 heterocycles. The van der Waals surface area contributed by atoms with Gasteiger partial charge in [0.1, 0.15) is 5.76 Å². The summed E-state index contributed by atoms with van der Waals surface area (Å²) >= 11 is 1.72. The molecule has 0 radical (unpaired) electrons. The van der Waals surface area contributed by atoms with Crippen LogP contribution in [0.3, 0.4) is 0 Å². The minimum atomic E-state index is -0.444. The molecular formula is C11H16O4S. The van der Waals surface area contributed by atoms with Crippen LogP contribution < -0.4 is 0 Å². The van der Waals surface area contributed by atoms with Crippen molar-refractivity contribution in [3.63, 3.8) is 0 Å². The van der Waals surface area contributed by atoms with Gasteiger partial charge in [0.05, 0.1) is 19.0 Å². The molecule has 4 nitrogen and oxygen atoms in total. The third-order valence-corrected chi connectivity index (χ3v) is 3.20. The van der Waals surface area contributed by atoms with Gasteiger partial charge < -0.3 is 13.9 Å². The quantitative estimate of drug-likeness (QED) is 0.568. The van der Waals surface area contributed by atoms with Gasteiger partial charge in [-0.25, -0.2) is 4.79 Å². The van der Waals surface area contributed by atoms with Crippen molar-refractivity contribution in [3.8, 4) is 0 Å². The fraction of sp³-hybridized carbons (Fsp3) is 0.545. The molecule has 1 unspecified atom stereocenters. The molecule has 90 valence electrons. The van der Waals surface area contributed by atoms with Crippen LogP contribution in [-0.4, -0.2) is 32.5 Å². The van der Waals surface area contributed by atoms with Crippen LogP contribution in [0.15, 0.2) is 16.5 Å². The molecular weight excluding hydrogens is 228 g/mol. The molecule has 1 aromatic rings. The monoisotopic (exact) mass is 244 g/mol. The maximum absolute atomic E-state index is 11.2. The smallest absolute Gasteiger partial charge is 0.373 e. The van der Waals surface area contributed by atoms with Gasteiger partial charge in [0.15, 0.2) is 0 Å². The van der Waals surface area contributed by atoms with Crippen LogP contribution >= 0.6 is 11.8 Å². The molecule has 0 spiro atoms. The predicted octanol–water partition coefficient (Wildman–Crippen LogP) is 2.51. The topological polar surface area (TPSA) is 48.7 Å². The van der Waals surface area contributed by atoms with Gasteiger partial charge in [-0.15, -0.1) is 11.8 Å². The molecule has 1 aromatic heterocycles. The zero-order valence-electron chi connectivity index (χ0n) is 9.69. The SMILES string of the molecule is COCCSC(C)c1ccc(C(=O)OC)o1. The van der Waals surface area contributed by atoms with Crippen LogP contribution in [0.25, 0.3) is 0 Å². The van der Waals surface area contributed by atoms with Crippen molar-refractivity contribution in [1.82, 2.24) is 0 Å². The number of methoxy groups -OCH3 is 2. The first-order chi connectivity index (χ1) is 7.69. The second kappa shape index (κ2) is 6.60. The minimum absolute atomic E-state index is 0.202. The normalized spacial score (nSPS) is 12.4. The average Bonchev–Trinajstić information content (AvgIpc) is 2.77. The number of furan rings is 1. The van der Waals surface area contributed by atoms with Gasteiger partial charge in [-0.3, -0.25) is 0 Å². The number of hydrogen-bond donors (Lipinski definition) is 0. The van der Waals surface area contributed by atoms with Gasteiger partial charge in [0.2, 0.25) is 5.76 Å². The van der Waals surface area contributed by atoms with Gasteiger partial charge in [-0.05, 0) is 19.1 Å². The minimum Gasteiger partial charge on any atom is -0.463 e. The number of carbonyl (C=O) groups excluding carboxylic acids is 1. The van der Waals surface area contributed by atoms with E-state index < -0.39 is 5.97 Å². The Balaban J connectivity index is 2.52. The molecule has 1 atom stereocenters. The Morgan fingerprint density at radius 1 is 1.50 bits per heavy atom. The van der Waals surface area contributed by atoms with Crippen molar-refractivity contribution < 1.29 is 18.7 Å². The third-order valence-electron chi connectivity index (χ3n) is 2.07. The Morgan fingerprint density at radius 2 is 2.25 bits per heavy atom. The van der Waals surface area contributed by atoms with E-state index in [9.17, 15) is 4.79 Å². The summed E-state index contributed by atoms with van der Waals surface area (Å²) in [6.07, 6.45) is 0. The molecule has 0 saturated heterocycles. The zero-order chi connectivity index (χ0) is 12.0. The van der Waals surface area contributed by atoms with Crippen molar-refractivity contribution in [2.45, 2.75) is 12.2 Å². The fourth-order valence-corrected chi connectivity index (χ4v) is 2.08. The first kappa shape index (κ1) is 13.1. The average molecular weight is 244 g/mol. The Bertz CT molecular complexity index is 334. The summed E-state index contributed by atoms with van der Waals surface area (Å²) in [4.78, 5) is 11.2. The van der Waals surface area contributed by atoms with Crippen LogP contribution in [0.4, 0.5) is 0 Å². The zero-order valence-corrected chi connectivity index (χ0v) is 10.5. The van der Waals surface area contributed by atoms with E-state index in [-0.39, 0.29) is 11.0 Å². The lowest BCUT2D eigenvalue weighted by molar-refractivity contribution is 0.0563. The molecule has 0 saturated carbocycles. The number of esters is 1. The Kier molecular flexibility index (Phi) is 5.42. The summed E-state index contributed by atoms with van der Waals surface area (Å²) in [5, 5.41) is 0.202. The third kappa shape index (κ3) is 3.57. The van der Waals surface area contributed by atoms with Crippen molar-refractivity contribution in [2.75, 3.05) is 26.6 Å². The second-order valence-corrected chi connectivity index (χ2v) is 4.65. The first-order valence-corrected chi connectivity index (χ1v) is 6.02. The maximum atomic E-state index is 11.2. The van der Waals surface area contributed by atoms with E-state index in [1.54, 1.807) is 31.0 Å². The van der Waals surface area contributed by atoms with Crippen molar-refractivity contribution >= 4 is 17.7 Å². The van der Waals surface area contributed by atoms with E-state index in [0.717, 1.165) is 11.5 Å². The molecule has 1 rings (SSSR count). The summed E-state index contributed by atoms with van der Waals surface area (Å²) in [5.41, 5.74) is 0.